The standard InChI is InChI=1S/C26H40N10O3/c1-2-3-14-31-25-34-22(28)21-23(35-25)36(26(39)33-21)17-18-7-9-19(10-8-18)24(38)32-16-20(37)30-15-5-4-12-29-13-6-11-27/h7-10,29H,2-6,11-17,27H2,1H3,(H,30,37)(H,32,38)(H,33,39)(H3,28,31,34,35). The number of carbonyl (C=O) groups excluding carboxylic acids is 2. The maximum absolute atomic E-state index is 12.5. The van der Waals surface area contributed by atoms with Gasteiger partial charge in [0.15, 0.2) is 17.0 Å². The summed E-state index contributed by atoms with van der Waals surface area (Å²) in [6, 6.07) is 6.64. The van der Waals surface area contributed by atoms with Crippen molar-refractivity contribution >= 4 is 34.7 Å². The summed E-state index contributed by atoms with van der Waals surface area (Å²) in [6.07, 6.45) is 4.75. The first-order chi connectivity index (χ1) is 18.9. The molecule has 3 rings (SSSR count). The van der Waals surface area contributed by atoms with Crippen LogP contribution in [0.15, 0.2) is 24.3 Å². The number of aromatic hydroxyl groups is 1. The summed E-state index contributed by atoms with van der Waals surface area (Å²) in [5.74, 6) is -0.0243. The molecule has 212 valence electrons. The number of carbonyl (C=O) groups is 2. The molecule has 13 nitrogen and oxygen atoms in total. The highest BCUT2D eigenvalue weighted by molar-refractivity contribution is 5.96. The third kappa shape index (κ3) is 9.07. The van der Waals surface area contributed by atoms with Gasteiger partial charge in [-0.05, 0) is 63.0 Å². The lowest BCUT2D eigenvalue weighted by molar-refractivity contribution is -0.120. The fourth-order valence-corrected chi connectivity index (χ4v) is 3.84. The van der Waals surface area contributed by atoms with Gasteiger partial charge in [-0.3, -0.25) is 14.2 Å². The minimum Gasteiger partial charge on any atom is -0.480 e. The van der Waals surface area contributed by atoms with E-state index in [1.807, 2.05) is 0 Å². The normalized spacial score (nSPS) is 11.0. The number of hydrogen-bond donors (Lipinski definition) is 7. The molecule has 0 radical (unpaired) electrons. The van der Waals surface area contributed by atoms with Crippen molar-refractivity contribution in [3.63, 3.8) is 0 Å². The van der Waals surface area contributed by atoms with Crippen LogP contribution in [0.2, 0.25) is 0 Å². The van der Waals surface area contributed by atoms with Crippen LogP contribution in [-0.4, -0.2) is 75.7 Å². The van der Waals surface area contributed by atoms with Crippen LogP contribution in [0.4, 0.5) is 11.8 Å². The van der Waals surface area contributed by atoms with Crippen LogP contribution >= 0.6 is 0 Å². The van der Waals surface area contributed by atoms with Gasteiger partial charge in [0.2, 0.25) is 11.9 Å². The number of nitrogens with two attached hydrogens (primary N) is 2. The third-order valence-electron chi connectivity index (χ3n) is 6.04. The van der Waals surface area contributed by atoms with Gasteiger partial charge in [0.25, 0.3) is 11.9 Å². The number of nitrogens with one attached hydrogen (secondary N) is 4. The minimum atomic E-state index is -0.347. The number of aromatic nitrogens is 4. The van der Waals surface area contributed by atoms with Gasteiger partial charge in [-0.15, -0.1) is 0 Å². The highest BCUT2D eigenvalue weighted by Crippen LogP contribution is 2.25. The number of rotatable bonds is 17. The van der Waals surface area contributed by atoms with Crippen molar-refractivity contribution < 1.29 is 14.7 Å². The predicted octanol–water partition coefficient (Wildman–Crippen LogP) is 0.939. The van der Waals surface area contributed by atoms with Gasteiger partial charge >= 0.3 is 0 Å². The Morgan fingerprint density at radius 2 is 1.69 bits per heavy atom. The van der Waals surface area contributed by atoms with Gasteiger partial charge in [0.1, 0.15) is 0 Å². The average Bonchev–Trinajstić information content (AvgIpc) is 3.24. The molecule has 2 aromatic heterocycles. The zero-order chi connectivity index (χ0) is 28.0. The number of imidazole rings is 1. The van der Waals surface area contributed by atoms with E-state index in [0.717, 1.165) is 50.8 Å². The molecule has 0 unspecified atom stereocenters. The van der Waals surface area contributed by atoms with Gasteiger partial charge in [-0.25, -0.2) is 0 Å². The molecule has 2 amide bonds. The summed E-state index contributed by atoms with van der Waals surface area (Å²) >= 11 is 0. The molecule has 0 spiro atoms. The van der Waals surface area contributed by atoms with Gasteiger partial charge in [0, 0.05) is 18.7 Å². The van der Waals surface area contributed by atoms with E-state index in [1.165, 1.54) is 4.57 Å². The molecule has 0 fully saturated rings. The maximum atomic E-state index is 12.5. The molecule has 9 N–H and O–H groups in total. The van der Waals surface area contributed by atoms with Gasteiger partial charge in [0.05, 0.1) is 13.1 Å². The Balaban J connectivity index is 1.49. The third-order valence-corrected chi connectivity index (χ3v) is 6.04. The monoisotopic (exact) mass is 540 g/mol. The second-order valence-electron chi connectivity index (χ2n) is 9.21. The molecule has 0 bridgehead atoms. The first-order valence-electron chi connectivity index (χ1n) is 13.4. The molecule has 1 aromatic carbocycles. The van der Waals surface area contributed by atoms with Crippen molar-refractivity contribution in [1.29, 1.82) is 0 Å². The molecule has 3 aromatic rings. The topological polar surface area (TPSA) is 198 Å². The number of unbranched alkanes of at least 4 members (excludes halogenated alkanes) is 2. The Bertz CT molecular complexity index is 1210. The Morgan fingerprint density at radius 1 is 0.949 bits per heavy atom. The molecule has 0 atom stereocenters. The highest BCUT2D eigenvalue weighted by atomic mass is 16.3. The Morgan fingerprint density at radius 3 is 2.44 bits per heavy atom. The molecule has 0 saturated heterocycles. The van der Waals surface area contributed by atoms with Crippen LogP contribution < -0.4 is 32.7 Å². The molecule has 39 heavy (non-hydrogen) atoms. The number of fused-ring (bicyclic) bond motifs is 1. The molecule has 0 aliphatic heterocycles. The molecular weight excluding hydrogens is 500 g/mol. The summed E-state index contributed by atoms with van der Waals surface area (Å²) in [5, 5.41) is 22.3. The largest absolute Gasteiger partial charge is 0.480 e. The summed E-state index contributed by atoms with van der Waals surface area (Å²) in [5.41, 5.74) is 13.5. The lowest BCUT2D eigenvalue weighted by Gasteiger charge is -2.09. The lowest BCUT2D eigenvalue weighted by atomic mass is 10.1. The zero-order valence-corrected chi connectivity index (χ0v) is 22.5. The van der Waals surface area contributed by atoms with Crippen molar-refractivity contribution in [2.45, 2.75) is 45.6 Å². The second-order valence-corrected chi connectivity index (χ2v) is 9.21. The van der Waals surface area contributed by atoms with E-state index < -0.39 is 0 Å². The number of hydrogen-bond acceptors (Lipinski definition) is 10. The first kappa shape index (κ1) is 29.6. The molecule has 2 heterocycles. The van der Waals surface area contributed by atoms with Crippen LogP contribution in [0.5, 0.6) is 6.01 Å². The van der Waals surface area contributed by atoms with Crippen molar-refractivity contribution in [3.05, 3.63) is 35.4 Å². The number of amides is 2. The molecule has 13 heteroatoms. The quantitative estimate of drug-likeness (QED) is 0.121. The van der Waals surface area contributed by atoms with E-state index >= 15 is 0 Å². The highest BCUT2D eigenvalue weighted by Gasteiger charge is 2.17. The van der Waals surface area contributed by atoms with Crippen molar-refractivity contribution in [2.75, 3.05) is 50.3 Å². The van der Waals surface area contributed by atoms with E-state index in [4.69, 9.17) is 11.5 Å². The van der Waals surface area contributed by atoms with Crippen molar-refractivity contribution in [3.8, 4) is 6.01 Å². The Labute approximate surface area is 228 Å². The molecule has 0 saturated carbocycles. The van der Waals surface area contributed by atoms with Gasteiger partial charge in [-0.1, -0.05) is 25.5 Å². The number of nitrogens with zero attached hydrogens (tertiary/aromatic N) is 4. The molecular formula is C26H40N10O3. The predicted molar refractivity (Wildman–Crippen MR) is 151 cm³/mol. The first-order valence-corrected chi connectivity index (χ1v) is 13.4. The fourth-order valence-electron chi connectivity index (χ4n) is 3.84. The van der Waals surface area contributed by atoms with E-state index in [9.17, 15) is 14.7 Å². The van der Waals surface area contributed by atoms with E-state index in [-0.39, 0.29) is 36.7 Å². The van der Waals surface area contributed by atoms with Crippen LogP contribution in [0.1, 0.15) is 54.9 Å². The number of nitrogen functional groups attached to an aromatic ring is 1. The average molecular weight is 541 g/mol. The molecule has 0 aliphatic rings. The SMILES string of the molecule is CCCCNc1nc(N)c2nc(O)n(Cc3ccc(C(=O)NCC(=O)NCCCCNCCCN)cc3)c2n1. The van der Waals surface area contributed by atoms with Crippen molar-refractivity contribution in [1.82, 2.24) is 35.5 Å². The van der Waals surface area contributed by atoms with Crippen molar-refractivity contribution in [2.24, 2.45) is 5.73 Å². The van der Waals surface area contributed by atoms with Gasteiger partial charge in [-0.2, -0.15) is 15.0 Å². The maximum Gasteiger partial charge on any atom is 0.296 e. The minimum absolute atomic E-state index is 0.0972. The van der Waals surface area contributed by atoms with Gasteiger partial charge < -0.3 is 37.8 Å². The summed E-state index contributed by atoms with van der Waals surface area (Å²) in [6.45, 7) is 5.99. The fraction of sp³-hybridized carbons (Fsp3) is 0.500. The Hall–Kier alpha value is -3.97. The summed E-state index contributed by atoms with van der Waals surface area (Å²) in [4.78, 5) is 37.3. The summed E-state index contributed by atoms with van der Waals surface area (Å²) < 4.78 is 1.54. The van der Waals surface area contributed by atoms with E-state index in [1.54, 1.807) is 24.3 Å². The second kappa shape index (κ2) is 15.4. The number of anilines is 2. The van der Waals surface area contributed by atoms with E-state index in [2.05, 4.69) is 43.1 Å². The van der Waals surface area contributed by atoms with E-state index in [0.29, 0.717) is 42.3 Å². The smallest absolute Gasteiger partial charge is 0.296 e. The van der Waals surface area contributed by atoms with Crippen LogP contribution in [0.25, 0.3) is 11.2 Å². The molecule has 0 aliphatic carbocycles. The zero-order valence-electron chi connectivity index (χ0n) is 22.5. The lowest BCUT2D eigenvalue weighted by Crippen LogP contribution is -2.37. The number of benzene rings is 1. The Kier molecular flexibility index (Phi) is 11.7. The van der Waals surface area contributed by atoms with Crippen LogP contribution in [0, 0.1) is 0 Å². The van der Waals surface area contributed by atoms with Crippen LogP contribution in [-0.2, 0) is 11.3 Å². The van der Waals surface area contributed by atoms with Crippen LogP contribution in [0.3, 0.4) is 0 Å². The summed E-state index contributed by atoms with van der Waals surface area (Å²) in [7, 11) is 0.